The summed E-state index contributed by atoms with van der Waals surface area (Å²) in [5.74, 6) is -5.55. The summed E-state index contributed by atoms with van der Waals surface area (Å²) < 4.78 is 69.1. The van der Waals surface area contributed by atoms with E-state index in [4.69, 9.17) is 27.9 Å². The number of rotatable bonds is 8. The first kappa shape index (κ1) is 30.1. The number of amides is 2. The van der Waals surface area contributed by atoms with E-state index >= 15 is 0 Å². The number of piperidine rings is 1. The first-order chi connectivity index (χ1) is 18.6. The van der Waals surface area contributed by atoms with Gasteiger partial charge in [0.05, 0.1) is 17.1 Å². The van der Waals surface area contributed by atoms with Gasteiger partial charge in [0, 0.05) is 29.3 Å². The first-order valence-electron chi connectivity index (χ1n) is 12.5. The molecule has 2 bridgehead atoms. The highest BCUT2D eigenvalue weighted by molar-refractivity contribution is 6.35. The van der Waals surface area contributed by atoms with Gasteiger partial charge < -0.3 is 20.3 Å². The summed E-state index contributed by atoms with van der Waals surface area (Å²) in [6.45, 7) is 1.42. The molecule has 2 fully saturated rings. The van der Waals surface area contributed by atoms with Gasteiger partial charge in [-0.1, -0.05) is 23.2 Å². The van der Waals surface area contributed by atoms with E-state index in [0.29, 0.717) is 29.4 Å². The molecule has 7 nitrogen and oxygen atoms in total. The number of ether oxygens (including phenoxy) is 1. The van der Waals surface area contributed by atoms with Crippen molar-refractivity contribution in [2.24, 2.45) is 0 Å². The number of nitrogens with one attached hydrogen (secondary N) is 2. The van der Waals surface area contributed by atoms with Crippen LogP contribution in [0.3, 0.4) is 0 Å². The summed E-state index contributed by atoms with van der Waals surface area (Å²) in [6.07, 6.45) is -1.64. The lowest BCUT2D eigenvalue weighted by atomic mass is 9.96. The summed E-state index contributed by atoms with van der Waals surface area (Å²) in [6, 6.07) is 7.59. The number of carbonyl (C=O) groups excluding carboxylic acids is 2. The molecule has 2 unspecified atom stereocenters. The Labute approximate surface area is 237 Å². The zero-order chi connectivity index (χ0) is 29.5. The van der Waals surface area contributed by atoms with Crippen molar-refractivity contribution in [2.45, 2.75) is 75.4 Å². The minimum atomic E-state index is -5.76. The molecule has 1 aromatic heterocycles. The molecule has 0 spiro atoms. The van der Waals surface area contributed by atoms with Gasteiger partial charge in [0.25, 0.3) is 11.8 Å². The van der Waals surface area contributed by atoms with E-state index in [-0.39, 0.29) is 34.6 Å². The molecule has 0 aliphatic carbocycles. The number of fused-ring (bicyclic) bond motifs is 2. The van der Waals surface area contributed by atoms with Crippen LogP contribution in [0.4, 0.5) is 27.8 Å². The van der Waals surface area contributed by atoms with Crippen LogP contribution in [0.2, 0.25) is 10.0 Å². The number of pyridine rings is 1. The van der Waals surface area contributed by atoms with E-state index in [9.17, 15) is 31.5 Å². The van der Waals surface area contributed by atoms with Crippen LogP contribution in [0.25, 0.3) is 0 Å². The average Bonchev–Trinajstić information content (AvgIpc) is 3.13. The van der Waals surface area contributed by atoms with Crippen LogP contribution in [0, 0.1) is 0 Å². The number of alkyl halides is 5. The summed E-state index contributed by atoms with van der Waals surface area (Å²) in [5.41, 5.74) is -1.35. The molecule has 4 rings (SSSR count). The largest absolute Gasteiger partial charge is 0.476 e. The molecule has 0 radical (unpaired) electrons. The Hall–Kier alpha value is -2.86. The lowest BCUT2D eigenvalue weighted by Gasteiger charge is -2.40. The van der Waals surface area contributed by atoms with Crippen molar-refractivity contribution >= 4 is 40.8 Å². The Bertz CT molecular complexity index is 1250. The van der Waals surface area contributed by atoms with E-state index in [1.807, 2.05) is 0 Å². The average molecular weight is 609 g/mol. The van der Waals surface area contributed by atoms with Crippen LogP contribution in [0.1, 0.15) is 49.9 Å². The zero-order valence-corrected chi connectivity index (χ0v) is 23.0. The van der Waals surface area contributed by atoms with Crippen molar-refractivity contribution in [1.29, 1.82) is 0 Å². The molecular weight excluding hydrogens is 582 g/mol. The molecule has 218 valence electrons. The van der Waals surface area contributed by atoms with Crippen LogP contribution < -0.4 is 20.3 Å². The third-order valence-corrected chi connectivity index (χ3v) is 7.56. The third kappa shape index (κ3) is 6.54. The number of nitrogens with zero attached hydrogens (tertiary/aromatic N) is 2. The van der Waals surface area contributed by atoms with Gasteiger partial charge >= 0.3 is 12.1 Å². The quantitative estimate of drug-likeness (QED) is 0.371. The number of benzene rings is 1. The summed E-state index contributed by atoms with van der Waals surface area (Å²) in [7, 11) is 0. The molecule has 2 amide bonds. The van der Waals surface area contributed by atoms with Gasteiger partial charge in [0.2, 0.25) is 0 Å². The van der Waals surface area contributed by atoms with Crippen LogP contribution in [-0.4, -0.2) is 59.2 Å². The Morgan fingerprint density at radius 3 is 2.25 bits per heavy atom. The van der Waals surface area contributed by atoms with Gasteiger partial charge in [0.15, 0.2) is 5.60 Å². The second kappa shape index (κ2) is 11.2. The number of halogens is 7. The lowest BCUT2D eigenvalue weighted by Crippen LogP contribution is -2.55. The highest BCUT2D eigenvalue weighted by Crippen LogP contribution is 2.39. The Kier molecular flexibility index (Phi) is 8.43. The Morgan fingerprint density at radius 2 is 1.70 bits per heavy atom. The minimum Gasteiger partial charge on any atom is -0.476 e. The van der Waals surface area contributed by atoms with E-state index in [1.165, 1.54) is 18.2 Å². The fourth-order valence-corrected chi connectivity index (χ4v) is 5.42. The first-order valence-corrected chi connectivity index (χ1v) is 13.2. The fourth-order valence-electron chi connectivity index (χ4n) is 4.97. The van der Waals surface area contributed by atoms with Crippen LogP contribution in [-0.2, 0) is 4.79 Å². The maximum absolute atomic E-state index is 13.1. The van der Waals surface area contributed by atoms with Crippen molar-refractivity contribution in [3.8, 4) is 5.75 Å². The number of anilines is 1. The van der Waals surface area contributed by atoms with Gasteiger partial charge in [-0.25, -0.2) is 4.98 Å². The highest BCUT2D eigenvalue weighted by Gasteiger charge is 2.57. The monoisotopic (exact) mass is 608 g/mol. The van der Waals surface area contributed by atoms with Crippen molar-refractivity contribution in [2.75, 3.05) is 11.4 Å². The van der Waals surface area contributed by atoms with Gasteiger partial charge in [-0.15, -0.1) is 0 Å². The molecule has 2 atom stereocenters. The second-order valence-corrected chi connectivity index (χ2v) is 11.3. The zero-order valence-electron chi connectivity index (χ0n) is 21.5. The summed E-state index contributed by atoms with van der Waals surface area (Å²) in [5, 5.41) is 5.41. The number of hydrogen-bond donors (Lipinski definition) is 2. The SMILES string of the molecule is CC(C)(Oc1ccc(Cl)cc1Cl)C(=O)NC1CC2CCC(C1)N2c1ccc(C(=O)NCC(F)(F)C(F)(F)F)cn1. The molecular formula is C26H27Cl2F5N4O3. The highest BCUT2D eigenvalue weighted by atomic mass is 35.5. The maximum atomic E-state index is 13.1. The van der Waals surface area contributed by atoms with Gasteiger partial charge in [-0.2, -0.15) is 22.0 Å². The summed E-state index contributed by atoms with van der Waals surface area (Å²) in [4.78, 5) is 31.6. The molecule has 2 aliphatic rings. The van der Waals surface area contributed by atoms with E-state index in [1.54, 1.807) is 31.3 Å². The molecule has 2 aliphatic heterocycles. The molecule has 2 N–H and O–H groups in total. The van der Waals surface area contributed by atoms with Crippen LogP contribution in [0.15, 0.2) is 36.5 Å². The van der Waals surface area contributed by atoms with Gasteiger partial charge in [0.1, 0.15) is 11.6 Å². The Balaban J connectivity index is 1.34. The number of hydrogen-bond acceptors (Lipinski definition) is 5. The van der Waals surface area contributed by atoms with Crippen molar-refractivity contribution in [3.63, 3.8) is 0 Å². The molecule has 0 saturated carbocycles. The molecule has 2 saturated heterocycles. The maximum Gasteiger partial charge on any atom is 0.455 e. The smallest absolute Gasteiger partial charge is 0.455 e. The van der Waals surface area contributed by atoms with Crippen LogP contribution in [0.5, 0.6) is 5.75 Å². The van der Waals surface area contributed by atoms with E-state index < -0.39 is 30.2 Å². The number of carbonyl (C=O) groups is 2. The Morgan fingerprint density at radius 1 is 1.05 bits per heavy atom. The molecule has 14 heteroatoms. The van der Waals surface area contributed by atoms with Crippen molar-refractivity contribution in [3.05, 3.63) is 52.1 Å². The molecule has 2 aromatic rings. The topological polar surface area (TPSA) is 83.6 Å². The van der Waals surface area contributed by atoms with Crippen LogP contribution >= 0.6 is 23.2 Å². The molecule has 40 heavy (non-hydrogen) atoms. The lowest BCUT2D eigenvalue weighted by molar-refractivity contribution is -0.278. The normalized spacial score (nSPS) is 21.2. The minimum absolute atomic E-state index is 0.0523. The van der Waals surface area contributed by atoms with Crippen molar-refractivity contribution in [1.82, 2.24) is 15.6 Å². The number of aromatic nitrogens is 1. The second-order valence-electron chi connectivity index (χ2n) is 10.4. The third-order valence-electron chi connectivity index (χ3n) is 7.03. The van der Waals surface area contributed by atoms with Crippen molar-refractivity contribution < 1.29 is 36.3 Å². The standard InChI is InChI=1S/C26H27Cl2F5N4O3/c1-24(2,40-20-7-4-15(27)9-19(20)28)23(39)36-16-10-17-5-6-18(11-16)37(17)21-8-3-14(12-34-21)22(38)35-13-25(29,30)26(31,32)33/h3-4,7-9,12,16-18H,5-6,10-11,13H2,1-2H3,(H,35,38)(H,36,39). The van der Waals surface area contributed by atoms with E-state index in [2.05, 4.69) is 15.2 Å². The van der Waals surface area contributed by atoms with E-state index in [0.717, 1.165) is 19.0 Å². The molecule has 1 aromatic carbocycles. The van der Waals surface area contributed by atoms with Gasteiger partial charge in [-0.05, 0) is 69.9 Å². The predicted molar refractivity (Wildman–Crippen MR) is 139 cm³/mol. The van der Waals surface area contributed by atoms with Gasteiger partial charge in [-0.3, -0.25) is 9.59 Å². The predicted octanol–water partition coefficient (Wildman–Crippen LogP) is 5.79. The molecule has 3 heterocycles. The fraction of sp³-hybridized carbons (Fsp3) is 0.500. The summed E-state index contributed by atoms with van der Waals surface area (Å²) >= 11 is 12.1.